The zero-order valence-electron chi connectivity index (χ0n) is 18.8. The van der Waals surface area contributed by atoms with E-state index in [9.17, 15) is 24.0 Å². The van der Waals surface area contributed by atoms with E-state index >= 15 is 0 Å². The Hall–Kier alpha value is -4.35. The number of carbonyl (C=O) groups is 1. The van der Waals surface area contributed by atoms with E-state index in [1.807, 2.05) is 0 Å². The summed E-state index contributed by atoms with van der Waals surface area (Å²) in [5.74, 6) is -2.05. The molecule has 0 bridgehead atoms. The first-order valence-corrected chi connectivity index (χ1v) is 9.73. The number of hydrogen-bond donors (Lipinski definition) is 2. The molecule has 0 aliphatic carbocycles. The maximum atomic E-state index is 13.2. The van der Waals surface area contributed by atoms with Crippen molar-refractivity contribution in [2.24, 2.45) is 28.2 Å². The SMILES string of the molecule is COC(=O)c1ccc(C(c2c(N)n(C)c(=O)n(C)c2=O)c2c(N)n(C)c(=O)n(C)c2=O)cc1. The first-order valence-electron chi connectivity index (χ1n) is 9.73. The van der Waals surface area contributed by atoms with Gasteiger partial charge in [0.25, 0.3) is 11.1 Å². The lowest BCUT2D eigenvalue weighted by molar-refractivity contribution is 0.0600. The van der Waals surface area contributed by atoms with Gasteiger partial charge in [0.2, 0.25) is 0 Å². The smallest absolute Gasteiger partial charge is 0.337 e. The van der Waals surface area contributed by atoms with E-state index in [1.54, 1.807) is 0 Å². The lowest BCUT2D eigenvalue weighted by atomic mass is 9.85. The summed E-state index contributed by atoms with van der Waals surface area (Å²) in [5.41, 5.74) is 10.1. The average molecular weight is 456 g/mol. The number of aromatic nitrogens is 4. The first kappa shape index (κ1) is 23.3. The van der Waals surface area contributed by atoms with Crippen molar-refractivity contribution in [1.82, 2.24) is 18.3 Å². The molecule has 0 radical (unpaired) electrons. The second-order valence-electron chi connectivity index (χ2n) is 7.56. The topological polar surface area (TPSA) is 166 Å². The fourth-order valence-corrected chi connectivity index (χ4v) is 3.72. The molecule has 0 saturated carbocycles. The van der Waals surface area contributed by atoms with Crippen molar-refractivity contribution in [3.05, 3.63) is 88.2 Å². The Kier molecular flexibility index (Phi) is 5.86. The van der Waals surface area contributed by atoms with Gasteiger partial charge in [0.15, 0.2) is 0 Å². The van der Waals surface area contributed by atoms with E-state index in [4.69, 9.17) is 16.2 Å². The van der Waals surface area contributed by atoms with Gasteiger partial charge in [0, 0.05) is 28.2 Å². The summed E-state index contributed by atoms with van der Waals surface area (Å²) in [6.45, 7) is 0. The van der Waals surface area contributed by atoms with E-state index in [-0.39, 0.29) is 28.3 Å². The van der Waals surface area contributed by atoms with Gasteiger partial charge in [-0.15, -0.1) is 0 Å². The molecule has 2 aromatic heterocycles. The Morgan fingerprint density at radius 3 is 1.52 bits per heavy atom. The molecule has 4 N–H and O–H groups in total. The third kappa shape index (κ3) is 3.54. The number of anilines is 2. The molecule has 12 heteroatoms. The normalized spacial score (nSPS) is 11.1. The van der Waals surface area contributed by atoms with E-state index in [0.717, 1.165) is 18.3 Å². The van der Waals surface area contributed by atoms with Crippen LogP contribution in [-0.2, 0) is 32.9 Å². The fourth-order valence-electron chi connectivity index (χ4n) is 3.72. The fraction of sp³-hybridized carbons (Fsp3) is 0.286. The third-order valence-corrected chi connectivity index (χ3v) is 5.73. The van der Waals surface area contributed by atoms with Crippen molar-refractivity contribution in [1.29, 1.82) is 0 Å². The molecule has 0 aliphatic heterocycles. The Balaban J connectivity index is 2.51. The summed E-state index contributed by atoms with van der Waals surface area (Å²) in [6, 6.07) is 5.95. The van der Waals surface area contributed by atoms with Crippen LogP contribution in [0.5, 0.6) is 0 Å². The van der Waals surface area contributed by atoms with Crippen molar-refractivity contribution < 1.29 is 9.53 Å². The van der Waals surface area contributed by atoms with Gasteiger partial charge in [0.1, 0.15) is 11.6 Å². The predicted octanol–water partition coefficient (Wildman–Crippen LogP) is -1.39. The molecular weight excluding hydrogens is 432 g/mol. The number of methoxy groups -OCH3 is 1. The van der Waals surface area contributed by atoms with Crippen LogP contribution in [0.1, 0.15) is 33.0 Å². The van der Waals surface area contributed by atoms with E-state index in [0.29, 0.717) is 5.56 Å². The van der Waals surface area contributed by atoms with Gasteiger partial charge in [-0.3, -0.25) is 27.9 Å². The second-order valence-corrected chi connectivity index (χ2v) is 7.56. The molecule has 0 spiro atoms. The van der Waals surface area contributed by atoms with Crippen LogP contribution in [0.3, 0.4) is 0 Å². The van der Waals surface area contributed by atoms with Crippen molar-refractivity contribution in [2.45, 2.75) is 5.92 Å². The number of ether oxygens (including phenoxy) is 1. The molecule has 3 rings (SSSR count). The summed E-state index contributed by atoms with van der Waals surface area (Å²) in [7, 11) is 6.59. The van der Waals surface area contributed by atoms with Gasteiger partial charge < -0.3 is 16.2 Å². The van der Waals surface area contributed by atoms with Crippen LogP contribution >= 0.6 is 0 Å². The van der Waals surface area contributed by atoms with Crippen molar-refractivity contribution in [2.75, 3.05) is 18.6 Å². The lowest BCUT2D eigenvalue weighted by Gasteiger charge is -2.23. The average Bonchev–Trinajstić information content (AvgIpc) is 2.82. The Morgan fingerprint density at radius 2 is 1.15 bits per heavy atom. The van der Waals surface area contributed by atoms with Gasteiger partial charge >= 0.3 is 17.3 Å². The predicted molar refractivity (Wildman–Crippen MR) is 121 cm³/mol. The number of rotatable bonds is 4. The molecule has 3 aromatic rings. The number of nitrogens with two attached hydrogens (primary N) is 2. The highest BCUT2D eigenvalue weighted by Gasteiger charge is 2.31. The summed E-state index contributed by atoms with van der Waals surface area (Å²) < 4.78 is 8.60. The lowest BCUT2D eigenvalue weighted by Crippen LogP contribution is -2.44. The van der Waals surface area contributed by atoms with Crippen LogP contribution in [0.4, 0.5) is 11.6 Å². The van der Waals surface area contributed by atoms with E-state index in [2.05, 4.69) is 0 Å². The highest BCUT2D eigenvalue weighted by molar-refractivity contribution is 5.89. The number of hydrogen-bond acceptors (Lipinski definition) is 8. The van der Waals surface area contributed by atoms with Gasteiger partial charge in [0.05, 0.1) is 29.7 Å². The highest BCUT2D eigenvalue weighted by atomic mass is 16.5. The van der Waals surface area contributed by atoms with Crippen molar-refractivity contribution in [3.8, 4) is 0 Å². The molecule has 33 heavy (non-hydrogen) atoms. The number of carbonyl (C=O) groups excluding carboxylic acids is 1. The van der Waals surface area contributed by atoms with Gasteiger partial charge in [-0.1, -0.05) is 12.1 Å². The third-order valence-electron chi connectivity index (χ3n) is 5.73. The Labute approximate surface area is 186 Å². The molecule has 0 atom stereocenters. The highest BCUT2D eigenvalue weighted by Crippen LogP contribution is 2.33. The molecule has 0 unspecified atom stereocenters. The molecule has 174 valence electrons. The van der Waals surface area contributed by atoms with Crippen LogP contribution < -0.4 is 34.0 Å². The summed E-state index contributed by atoms with van der Waals surface area (Å²) in [4.78, 5) is 63.0. The maximum absolute atomic E-state index is 13.2. The number of nitrogens with zero attached hydrogens (tertiary/aromatic N) is 4. The first-order chi connectivity index (χ1) is 15.4. The van der Waals surface area contributed by atoms with Gasteiger partial charge in [-0.2, -0.15) is 0 Å². The van der Waals surface area contributed by atoms with Crippen LogP contribution in [0.2, 0.25) is 0 Å². The van der Waals surface area contributed by atoms with E-state index in [1.165, 1.54) is 59.6 Å². The summed E-state index contributed by atoms with van der Waals surface area (Å²) in [6.07, 6.45) is 0. The monoisotopic (exact) mass is 456 g/mol. The quantitative estimate of drug-likeness (QED) is 0.453. The van der Waals surface area contributed by atoms with Gasteiger partial charge in [-0.25, -0.2) is 14.4 Å². The zero-order chi connectivity index (χ0) is 24.8. The molecular formula is C21H24N6O6. The van der Waals surface area contributed by atoms with Crippen LogP contribution in [0.25, 0.3) is 0 Å². The second kappa shape index (κ2) is 8.30. The van der Waals surface area contributed by atoms with Crippen LogP contribution in [0, 0.1) is 0 Å². The minimum Gasteiger partial charge on any atom is -0.465 e. The maximum Gasteiger partial charge on any atom is 0.337 e. The Morgan fingerprint density at radius 1 is 0.758 bits per heavy atom. The van der Waals surface area contributed by atoms with E-state index < -0.39 is 34.4 Å². The molecule has 12 nitrogen and oxygen atoms in total. The van der Waals surface area contributed by atoms with Gasteiger partial charge in [-0.05, 0) is 17.7 Å². The molecule has 1 aromatic carbocycles. The standard InChI is InChI=1S/C21H24N6O6/c1-24-15(22)13(17(28)26(3)20(24)31)12(10-6-8-11(9-7-10)19(30)33-5)14-16(23)25(2)21(32)27(4)18(14)29/h6-9,12H,22-23H2,1-5H3. The minimum atomic E-state index is -1.15. The van der Waals surface area contributed by atoms with Crippen LogP contribution in [-0.4, -0.2) is 31.3 Å². The molecule has 0 saturated heterocycles. The molecule has 2 heterocycles. The van der Waals surface area contributed by atoms with Crippen LogP contribution in [0.15, 0.2) is 43.4 Å². The number of nitrogen functional groups attached to an aromatic ring is 2. The zero-order valence-corrected chi connectivity index (χ0v) is 18.8. The molecule has 0 aliphatic rings. The molecule has 0 amide bonds. The number of benzene rings is 1. The summed E-state index contributed by atoms with van der Waals surface area (Å²) >= 11 is 0. The van der Waals surface area contributed by atoms with Crippen molar-refractivity contribution >= 4 is 17.6 Å². The Bertz CT molecular complexity index is 1420. The molecule has 0 fully saturated rings. The summed E-state index contributed by atoms with van der Waals surface area (Å²) in [5, 5.41) is 0. The largest absolute Gasteiger partial charge is 0.465 e. The number of esters is 1. The van der Waals surface area contributed by atoms with Crippen molar-refractivity contribution in [3.63, 3.8) is 0 Å². The minimum absolute atomic E-state index is 0.0760.